The van der Waals surface area contributed by atoms with Crippen LogP contribution in [0.2, 0.25) is 0 Å². The van der Waals surface area contributed by atoms with E-state index in [9.17, 15) is 0 Å². The highest BCUT2D eigenvalue weighted by Gasteiger charge is 2.10. The van der Waals surface area contributed by atoms with Gasteiger partial charge in [0, 0.05) is 16.2 Å². The Morgan fingerprint density at radius 2 is 2.19 bits per heavy atom. The topological polar surface area (TPSA) is 53.6 Å². The second kappa shape index (κ2) is 4.14. The van der Waals surface area contributed by atoms with Crippen molar-refractivity contribution in [3.05, 3.63) is 22.6 Å². The number of aromatic amines is 1. The summed E-state index contributed by atoms with van der Waals surface area (Å²) in [5, 5.41) is 3.38. The smallest absolute Gasteiger partial charge is 0.177 e. The van der Waals surface area contributed by atoms with Crippen LogP contribution in [0.4, 0.5) is 0 Å². The van der Waals surface area contributed by atoms with Gasteiger partial charge in [0.05, 0.1) is 12.1 Å². The van der Waals surface area contributed by atoms with Gasteiger partial charge < -0.3 is 10.3 Å². The van der Waals surface area contributed by atoms with Crippen LogP contribution in [0.15, 0.2) is 16.7 Å². The van der Waals surface area contributed by atoms with Crippen molar-refractivity contribution in [2.45, 2.75) is 32.9 Å². The first-order chi connectivity index (χ1) is 7.44. The molecule has 16 heavy (non-hydrogen) atoms. The Kier molecular flexibility index (Phi) is 2.99. The fourth-order valence-electron chi connectivity index (χ4n) is 1.36. The lowest BCUT2D eigenvalue weighted by molar-refractivity contribution is 0.419. The van der Waals surface area contributed by atoms with E-state index in [1.54, 1.807) is 6.20 Å². The molecular formula is C11H15BrN4. The zero-order valence-corrected chi connectivity index (χ0v) is 11.2. The van der Waals surface area contributed by atoms with Crippen molar-refractivity contribution in [2.24, 2.45) is 0 Å². The minimum absolute atomic E-state index is 0.0903. The second-order valence-electron chi connectivity index (χ2n) is 4.81. The molecule has 0 saturated carbocycles. The fraction of sp³-hybridized carbons (Fsp3) is 0.455. The normalized spacial score (nSPS) is 12.2. The highest BCUT2D eigenvalue weighted by molar-refractivity contribution is 9.10. The molecular weight excluding hydrogens is 268 g/mol. The molecule has 2 aromatic heterocycles. The number of aromatic nitrogens is 3. The van der Waals surface area contributed by atoms with Crippen LogP contribution in [0, 0.1) is 0 Å². The molecule has 2 rings (SSSR count). The van der Waals surface area contributed by atoms with Crippen molar-refractivity contribution in [1.82, 2.24) is 20.3 Å². The largest absolute Gasteiger partial charge is 0.339 e. The monoisotopic (exact) mass is 282 g/mol. The van der Waals surface area contributed by atoms with Crippen molar-refractivity contribution in [3.8, 4) is 0 Å². The van der Waals surface area contributed by atoms with Gasteiger partial charge in [-0.05, 0) is 42.8 Å². The molecule has 0 aliphatic carbocycles. The lowest BCUT2D eigenvalue weighted by Gasteiger charge is -2.19. The van der Waals surface area contributed by atoms with Gasteiger partial charge in [0.15, 0.2) is 5.65 Å². The van der Waals surface area contributed by atoms with Gasteiger partial charge in [-0.25, -0.2) is 9.97 Å². The van der Waals surface area contributed by atoms with Crippen LogP contribution < -0.4 is 5.32 Å². The molecule has 0 atom stereocenters. The number of H-pyrrole nitrogens is 1. The van der Waals surface area contributed by atoms with Gasteiger partial charge in [-0.2, -0.15) is 0 Å². The van der Waals surface area contributed by atoms with Gasteiger partial charge in [0.2, 0.25) is 0 Å². The molecule has 0 bridgehead atoms. The van der Waals surface area contributed by atoms with E-state index in [1.807, 2.05) is 6.07 Å². The van der Waals surface area contributed by atoms with Crippen molar-refractivity contribution < 1.29 is 0 Å². The molecule has 2 heterocycles. The number of halogens is 1. The van der Waals surface area contributed by atoms with Gasteiger partial charge >= 0.3 is 0 Å². The number of nitrogens with zero attached hydrogens (tertiary/aromatic N) is 2. The van der Waals surface area contributed by atoms with E-state index in [4.69, 9.17) is 0 Å². The molecule has 0 fully saturated rings. The van der Waals surface area contributed by atoms with E-state index in [0.29, 0.717) is 0 Å². The van der Waals surface area contributed by atoms with Gasteiger partial charge in [-0.3, -0.25) is 0 Å². The maximum absolute atomic E-state index is 4.41. The highest BCUT2D eigenvalue weighted by Crippen LogP contribution is 2.15. The van der Waals surface area contributed by atoms with Gasteiger partial charge in [-0.1, -0.05) is 0 Å². The summed E-state index contributed by atoms with van der Waals surface area (Å²) < 4.78 is 0.957. The Balaban J connectivity index is 2.20. The molecule has 0 unspecified atom stereocenters. The van der Waals surface area contributed by atoms with Gasteiger partial charge in [0.25, 0.3) is 0 Å². The third-order valence-corrected chi connectivity index (χ3v) is 2.57. The van der Waals surface area contributed by atoms with E-state index < -0.39 is 0 Å². The van der Waals surface area contributed by atoms with Gasteiger partial charge in [0.1, 0.15) is 5.82 Å². The predicted octanol–water partition coefficient (Wildman–Crippen LogP) is 2.61. The molecule has 2 N–H and O–H groups in total. The molecule has 5 heteroatoms. The Hall–Kier alpha value is -0.940. The van der Waals surface area contributed by atoms with Crippen LogP contribution in [0.3, 0.4) is 0 Å². The summed E-state index contributed by atoms with van der Waals surface area (Å²) >= 11 is 3.39. The number of hydrogen-bond donors (Lipinski definition) is 2. The molecule has 0 aliphatic heterocycles. The molecule has 0 aliphatic rings. The Labute approximate surface area is 103 Å². The Morgan fingerprint density at radius 3 is 2.88 bits per heavy atom. The average Bonchev–Trinajstić information content (AvgIpc) is 2.55. The number of fused-ring (bicyclic) bond motifs is 1. The van der Waals surface area contributed by atoms with E-state index >= 15 is 0 Å². The number of rotatable bonds is 2. The summed E-state index contributed by atoms with van der Waals surface area (Å²) in [5.74, 6) is 0.913. The lowest BCUT2D eigenvalue weighted by atomic mass is 10.1. The Bertz CT molecular complexity index is 498. The lowest BCUT2D eigenvalue weighted by Crippen LogP contribution is -2.35. The first-order valence-corrected chi connectivity index (χ1v) is 5.98. The van der Waals surface area contributed by atoms with Crippen molar-refractivity contribution >= 4 is 27.1 Å². The van der Waals surface area contributed by atoms with Crippen LogP contribution in [-0.4, -0.2) is 20.5 Å². The number of nitrogens with one attached hydrogen (secondary N) is 2. The van der Waals surface area contributed by atoms with E-state index in [-0.39, 0.29) is 5.54 Å². The third kappa shape index (κ3) is 2.80. The standard InChI is InChI=1S/C11H15BrN4/c1-11(2,3)14-6-9-15-8-4-7(12)5-13-10(8)16-9/h4-5,14H,6H2,1-3H3,(H,13,15,16). The molecule has 0 saturated heterocycles. The summed E-state index contributed by atoms with van der Waals surface area (Å²) in [4.78, 5) is 11.9. The van der Waals surface area contributed by atoms with Crippen LogP contribution in [0.5, 0.6) is 0 Å². The zero-order valence-electron chi connectivity index (χ0n) is 9.63. The predicted molar refractivity (Wildman–Crippen MR) is 68.2 cm³/mol. The third-order valence-electron chi connectivity index (χ3n) is 2.14. The zero-order chi connectivity index (χ0) is 11.8. The molecule has 0 amide bonds. The summed E-state index contributed by atoms with van der Waals surface area (Å²) in [5.41, 5.74) is 1.81. The van der Waals surface area contributed by atoms with Crippen molar-refractivity contribution in [1.29, 1.82) is 0 Å². The SMILES string of the molecule is CC(C)(C)NCc1nc2ncc(Br)cc2[nH]1. The van der Waals surface area contributed by atoms with Crippen LogP contribution >= 0.6 is 15.9 Å². The second-order valence-corrected chi connectivity index (χ2v) is 5.73. The maximum Gasteiger partial charge on any atom is 0.177 e. The molecule has 2 aromatic rings. The van der Waals surface area contributed by atoms with Crippen LogP contribution in [0.25, 0.3) is 11.2 Å². The molecule has 0 spiro atoms. The number of pyridine rings is 1. The van der Waals surface area contributed by atoms with Gasteiger partial charge in [-0.15, -0.1) is 0 Å². The van der Waals surface area contributed by atoms with Crippen molar-refractivity contribution in [3.63, 3.8) is 0 Å². The summed E-state index contributed by atoms with van der Waals surface area (Å²) in [6.45, 7) is 7.11. The summed E-state index contributed by atoms with van der Waals surface area (Å²) in [7, 11) is 0. The quantitative estimate of drug-likeness (QED) is 0.890. The average molecular weight is 283 g/mol. The first kappa shape index (κ1) is 11.5. The van der Waals surface area contributed by atoms with E-state index in [0.717, 1.165) is 28.0 Å². The highest BCUT2D eigenvalue weighted by atomic mass is 79.9. The van der Waals surface area contributed by atoms with Crippen molar-refractivity contribution in [2.75, 3.05) is 0 Å². The number of imidazole rings is 1. The summed E-state index contributed by atoms with van der Waals surface area (Å²) in [6, 6.07) is 1.98. The van der Waals surface area contributed by atoms with E-state index in [1.165, 1.54) is 0 Å². The minimum Gasteiger partial charge on any atom is -0.339 e. The van der Waals surface area contributed by atoms with Crippen LogP contribution in [0.1, 0.15) is 26.6 Å². The minimum atomic E-state index is 0.0903. The summed E-state index contributed by atoms with van der Waals surface area (Å²) in [6.07, 6.45) is 1.75. The molecule has 4 nitrogen and oxygen atoms in total. The molecule has 0 radical (unpaired) electrons. The molecule has 0 aromatic carbocycles. The maximum atomic E-state index is 4.41. The Morgan fingerprint density at radius 1 is 1.44 bits per heavy atom. The molecule has 86 valence electrons. The van der Waals surface area contributed by atoms with E-state index in [2.05, 4.69) is 57.0 Å². The fourth-order valence-corrected chi connectivity index (χ4v) is 1.69. The first-order valence-electron chi connectivity index (χ1n) is 5.19. The van der Waals surface area contributed by atoms with Crippen LogP contribution in [-0.2, 0) is 6.54 Å². The number of hydrogen-bond acceptors (Lipinski definition) is 3.